The van der Waals surface area contributed by atoms with E-state index in [4.69, 9.17) is 17.0 Å². The highest BCUT2D eigenvalue weighted by Gasteiger charge is 2.07. The third-order valence-corrected chi connectivity index (χ3v) is 2.26. The van der Waals surface area contributed by atoms with Crippen LogP contribution in [0.15, 0.2) is 0 Å². The Labute approximate surface area is 89.3 Å². The molecule has 1 heterocycles. The van der Waals surface area contributed by atoms with E-state index < -0.39 is 0 Å². The summed E-state index contributed by atoms with van der Waals surface area (Å²) < 4.78 is 7.70. The van der Waals surface area contributed by atoms with Gasteiger partial charge in [0.25, 0.3) is 0 Å². The Hall–Kier alpha value is -0.680. The SMILES string of the molecule is COCCn1c(CC(C)C)n[nH]c1=S. The first-order valence-corrected chi connectivity index (χ1v) is 5.19. The van der Waals surface area contributed by atoms with Gasteiger partial charge in [-0.25, -0.2) is 0 Å². The van der Waals surface area contributed by atoms with Gasteiger partial charge in [0.15, 0.2) is 4.77 Å². The highest BCUT2D eigenvalue weighted by atomic mass is 32.1. The van der Waals surface area contributed by atoms with Crippen LogP contribution in [0.3, 0.4) is 0 Å². The number of hydrogen-bond donors (Lipinski definition) is 1. The maximum Gasteiger partial charge on any atom is 0.195 e. The number of nitrogens with zero attached hydrogens (tertiary/aromatic N) is 2. The lowest BCUT2D eigenvalue weighted by molar-refractivity contribution is 0.185. The van der Waals surface area contributed by atoms with Crippen LogP contribution in [0.4, 0.5) is 0 Å². The van der Waals surface area contributed by atoms with Crippen molar-refractivity contribution in [2.24, 2.45) is 5.92 Å². The molecule has 1 N–H and O–H groups in total. The number of aromatic amines is 1. The lowest BCUT2D eigenvalue weighted by atomic mass is 10.1. The van der Waals surface area contributed by atoms with E-state index in [0.717, 1.165) is 18.8 Å². The lowest BCUT2D eigenvalue weighted by Crippen LogP contribution is -2.10. The molecule has 0 unspecified atom stereocenters. The highest BCUT2D eigenvalue weighted by Crippen LogP contribution is 2.05. The van der Waals surface area contributed by atoms with Crippen LogP contribution in [0.1, 0.15) is 19.7 Å². The fourth-order valence-electron chi connectivity index (χ4n) is 1.28. The van der Waals surface area contributed by atoms with Crippen LogP contribution in [0.2, 0.25) is 0 Å². The van der Waals surface area contributed by atoms with Crippen LogP contribution >= 0.6 is 12.2 Å². The van der Waals surface area contributed by atoms with Crippen LogP contribution in [0.25, 0.3) is 0 Å². The van der Waals surface area contributed by atoms with Gasteiger partial charge in [-0.1, -0.05) is 13.8 Å². The molecular weight excluding hydrogens is 198 g/mol. The molecule has 0 amide bonds. The summed E-state index contributed by atoms with van der Waals surface area (Å²) >= 11 is 5.13. The first-order valence-electron chi connectivity index (χ1n) is 4.78. The Morgan fingerprint density at radius 1 is 1.57 bits per heavy atom. The number of nitrogens with one attached hydrogen (secondary N) is 1. The molecule has 0 saturated carbocycles. The summed E-state index contributed by atoms with van der Waals surface area (Å²) in [6.07, 6.45) is 0.941. The Morgan fingerprint density at radius 2 is 2.29 bits per heavy atom. The maximum atomic E-state index is 5.13. The zero-order chi connectivity index (χ0) is 10.6. The van der Waals surface area contributed by atoms with Gasteiger partial charge in [0.1, 0.15) is 5.82 Å². The van der Waals surface area contributed by atoms with Gasteiger partial charge in [-0.2, -0.15) is 5.10 Å². The van der Waals surface area contributed by atoms with Crippen molar-refractivity contribution < 1.29 is 4.74 Å². The van der Waals surface area contributed by atoms with E-state index in [-0.39, 0.29) is 0 Å². The van der Waals surface area contributed by atoms with E-state index in [0.29, 0.717) is 17.3 Å². The first-order chi connectivity index (χ1) is 6.65. The van der Waals surface area contributed by atoms with Crippen molar-refractivity contribution in [3.63, 3.8) is 0 Å². The van der Waals surface area contributed by atoms with Crippen LogP contribution in [-0.2, 0) is 17.7 Å². The van der Waals surface area contributed by atoms with Crippen molar-refractivity contribution in [1.82, 2.24) is 14.8 Å². The van der Waals surface area contributed by atoms with E-state index in [1.54, 1.807) is 7.11 Å². The second-order valence-corrected chi connectivity index (χ2v) is 4.07. The van der Waals surface area contributed by atoms with Gasteiger partial charge in [-0.05, 0) is 18.1 Å². The molecule has 0 saturated heterocycles. The number of aromatic nitrogens is 3. The molecule has 4 nitrogen and oxygen atoms in total. The Morgan fingerprint density at radius 3 is 2.86 bits per heavy atom. The second-order valence-electron chi connectivity index (χ2n) is 3.69. The predicted molar refractivity (Wildman–Crippen MR) is 57.8 cm³/mol. The van der Waals surface area contributed by atoms with E-state index in [1.807, 2.05) is 4.57 Å². The van der Waals surface area contributed by atoms with Crippen molar-refractivity contribution in [1.29, 1.82) is 0 Å². The van der Waals surface area contributed by atoms with Crippen molar-refractivity contribution in [3.8, 4) is 0 Å². The Balaban J connectivity index is 2.77. The highest BCUT2D eigenvalue weighted by molar-refractivity contribution is 7.71. The van der Waals surface area contributed by atoms with E-state index in [1.165, 1.54) is 0 Å². The fraction of sp³-hybridized carbons (Fsp3) is 0.778. The van der Waals surface area contributed by atoms with Gasteiger partial charge < -0.3 is 9.30 Å². The molecule has 0 spiro atoms. The topological polar surface area (TPSA) is 42.8 Å². The average molecular weight is 215 g/mol. The molecule has 5 heteroatoms. The van der Waals surface area contributed by atoms with Gasteiger partial charge in [-0.15, -0.1) is 0 Å². The Kier molecular flexibility index (Phi) is 4.28. The third kappa shape index (κ3) is 2.92. The molecule has 0 bridgehead atoms. The molecule has 1 aromatic heterocycles. The molecule has 0 radical (unpaired) electrons. The molecule has 0 fully saturated rings. The van der Waals surface area contributed by atoms with E-state index in [9.17, 15) is 0 Å². The molecular formula is C9H17N3OS. The normalized spacial score (nSPS) is 11.1. The smallest absolute Gasteiger partial charge is 0.195 e. The molecule has 14 heavy (non-hydrogen) atoms. The summed E-state index contributed by atoms with van der Waals surface area (Å²) in [7, 11) is 1.69. The molecule has 0 aromatic carbocycles. The van der Waals surface area contributed by atoms with Crippen molar-refractivity contribution >= 4 is 12.2 Å². The quantitative estimate of drug-likeness (QED) is 0.761. The van der Waals surface area contributed by atoms with Gasteiger partial charge in [-0.3, -0.25) is 5.10 Å². The minimum atomic E-state index is 0.585. The zero-order valence-electron chi connectivity index (χ0n) is 8.91. The fourth-order valence-corrected chi connectivity index (χ4v) is 1.53. The average Bonchev–Trinajstić information content (AvgIpc) is 2.44. The molecule has 0 aliphatic carbocycles. The predicted octanol–water partition coefficient (Wildman–Crippen LogP) is 1.79. The summed E-state index contributed by atoms with van der Waals surface area (Å²) in [5.41, 5.74) is 0. The minimum absolute atomic E-state index is 0.585. The standard InChI is InChI=1S/C9H17N3OS/c1-7(2)6-8-10-11-9(14)12(8)4-5-13-3/h7H,4-6H2,1-3H3,(H,11,14). The first kappa shape index (κ1) is 11.4. The van der Waals surface area contributed by atoms with Crippen LogP contribution < -0.4 is 0 Å². The summed E-state index contributed by atoms with van der Waals surface area (Å²) in [4.78, 5) is 0. The lowest BCUT2D eigenvalue weighted by Gasteiger charge is -2.07. The largest absolute Gasteiger partial charge is 0.383 e. The van der Waals surface area contributed by atoms with Crippen LogP contribution in [-0.4, -0.2) is 28.5 Å². The Bertz CT molecular complexity index is 329. The molecule has 1 aromatic rings. The maximum absolute atomic E-state index is 5.13. The van der Waals surface area contributed by atoms with Gasteiger partial charge in [0.05, 0.1) is 6.61 Å². The summed E-state index contributed by atoms with van der Waals surface area (Å²) in [5.74, 6) is 1.60. The monoisotopic (exact) mass is 215 g/mol. The van der Waals surface area contributed by atoms with E-state index >= 15 is 0 Å². The van der Waals surface area contributed by atoms with Gasteiger partial charge in [0, 0.05) is 20.1 Å². The van der Waals surface area contributed by atoms with Crippen molar-refractivity contribution in [2.75, 3.05) is 13.7 Å². The van der Waals surface area contributed by atoms with E-state index in [2.05, 4.69) is 24.0 Å². The summed E-state index contributed by atoms with van der Waals surface area (Å²) in [6.45, 7) is 5.77. The number of H-pyrrole nitrogens is 1. The molecule has 80 valence electrons. The second kappa shape index (κ2) is 5.26. The summed E-state index contributed by atoms with van der Waals surface area (Å²) in [5, 5.41) is 7.01. The molecule has 0 aliphatic rings. The third-order valence-electron chi connectivity index (χ3n) is 1.95. The number of methoxy groups -OCH3 is 1. The van der Waals surface area contributed by atoms with Crippen molar-refractivity contribution in [2.45, 2.75) is 26.8 Å². The van der Waals surface area contributed by atoms with Crippen LogP contribution in [0.5, 0.6) is 0 Å². The van der Waals surface area contributed by atoms with Crippen LogP contribution in [0, 0.1) is 10.7 Å². The molecule has 1 rings (SSSR count). The summed E-state index contributed by atoms with van der Waals surface area (Å²) in [6, 6.07) is 0. The molecule has 0 atom stereocenters. The van der Waals surface area contributed by atoms with Gasteiger partial charge >= 0.3 is 0 Å². The van der Waals surface area contributed by atoms with Gasteiger partial charge in [0.2, 0.25) is 0 Å². The minimum Gasteiger partial charge on any atom is -0.383 e. The van der Waals surface area contributed by atoms with Crippen molar-refractivity contribution in [3.05, 3.63) is 10.6 Å². The number of ether oxygens (including phenoxy) is 1. The zero-order valence-corrected chi connectivity index (χ0v) is 9.73. The molecule has 0 aliphatic heterocycles. The number of rotatable bonds is 5. The number of hydrogen-bond acceptors (Lipinski definition) is 3.